The molecular weight excluding hydrogens is 326 g/mol. The molecule has 0 radical (unpaired) electrons. The van der Waals surface area contributed by atoms with Gasteiger partial charge in [-0.05, 0) is 49.8 Å². The Kier molecular flexibility index (Phi) is 5.89. The van der Waals surface area contributed by atoms with Gasteiger partial charge in [-0.2, -0.15) is 0 Å². The van der Waals surface area contributed by atoms with Gasteiger partial charge in [0.15, 0.2) is 0 Å². The van der Waals surface area contributed by atoms with E-state index < -0.39 is 0 Å². The largest absolute Gasteiger partial charge is 0.497 e. The molecule has 0 aliphatic carbocycles. The van der Waals surface area contributed by atoms with Crippen molar-refractivity contribution in [2.24, 2.45) is 0 Å². The molecule has 0 bridgehead atoms. The number of hydrogen-bond acceptors (Lipinski definition) is 4. The van der Waals surface area contributed by atoms with Crippen molar-refractivity contribution in [3.8, 4) is 5.75 Å². The van der Waals surface area contributed by atoms with Crippen LogP contribution >= 0.6 is 0 Å². The lowest BCUT2D eigenvalue weighted by atomic mass is 9.93. The number of amides is 1. The van der Waals surface area contributed by atoms with Crippen molar-refractivity contribution in [3.05, 3.63) is 59.9 Å². The number of aryl methyl sites for hydroxylation is 1. The first-order valence-electron chi connectivity index (χ1n) is 9.05. The van der Waals surface area contributed by atoms with E-state index in [9.17, 15) is 4.79 Å². The molecule has 1 saturated heterocycles. The van der Waals surface area contributed by atoms with Gasteiger partial charge in [-0.1, -0.05) is 18.2 Å². The standard InChI is InChI=1S/C21H27N3O2/c1-23(2)20-15-24(21(25)11-6-16-5-4-12-22-13-16)14-19(20)17-7-9-18(26-3)10-8-17/h4-5,7-10,12-13,19-20H,6,11,14-15H2,1-3H3/t19-,20+/m0/s1. The van der Waals surface area contributed by atoms with E-state index in [1.54, 1.807) is 13.3 Å². The summed E-state index contributed by atoms with van der Waals surface area (Å²) in [5, 5.41) is 0. The van der Waals surface area contributed by atoms with Crippen molar-refractivity contribution in [1.29, 1.82) is 0 Å². The Morgan fingerprint density at radius 3 is 2.62 bits per heavy atom. The number of pyridine rings is 1. The summed E-state index contributed by atoms with van der Waals surface area (Å²) in [6.07, 6.45) is 4.86. The molecule has 1 aromatic heterocycles. The van der Waals surface area contributed by atoms with Crippen LogP contribution in [0.3, 0.4) is 0 Å². The normalized spacial score (nSPS) is 19.8. The van der Waals surface area contributed by atoms with Crippen molar-refractivity contribution in [2.75, 3.05) is 34.3 Å². The SMILES string of the molecule is COc1ccc([C@@H]2CN(C(=O)CCc3cccnc3)C[C@H]2N(C)C)cc1. The van der Waals surface area contributed by atoms with Gasteiger partial charge in [0.2, 0.25) is 5.91 Å². The van der Waals surface area contributed by atoms with E-state index in [2.05, 4.69) is 36.1 Å². The van der Waals surface area contributed by atoms with E-state index in [0.717, 1.165) is 30.8 Å². The van der Waals surface area contributed by atoms with Crippen LogP contribution in [-0.2, 0) is 11.2 Å². The molecule has 1 amide bonds. The minimum absolute atomic E-state index is 0.219. The third kappa shape index (κ3) is 4.22. The van der Waals surface area contributed by atoms with E-state index in [4.69, 9.17) is 4.74 Å². The number of methoxy groups -OCH3 is 1. The first kappa shape index (κ1) is 18.4. The smallest absolute Gasteiger partial charge is 0.222 e. The van der Waals surface area contributed by atoms with Crippen LogP contribution in [0.25, 0.3) is 0 Å². The minimum atomic E-state index is 0.219. The van der Waals surface area contributed by atoms with E-state index in [0.29, 0.717) is 18.4 Å². The van der Waals surface area contributed by atoms with Crippen LogP contribution in [0.15, 0.2) is 48.8 Å². The van der Waals surface area contributed by atoms with E-state index >= 15 is 0 Å². The molecule has 1 fully saturated rings. The fourth-order valence-corrected chi connectivity index (χ4v) is 3.65. The maximum atomic E-state index is 12.7. The topological polar surface area (TPSA) is 45.7 Å². The molecule has 138 valence electrons. The molecule has 2 atom stereocenters. The first-order chi connectivity index (χ1) is 12.6. The summed E-state index contributed by atoms with van der Waals surface area (Å²) in [5.74, 6) is 1.40. The highest BCUT2D eigenvalue weighted by Gasteiger charge is 2.37. The second kappa shape index (κ2) is 8.32. The predicted molar refractivity (Wildman–Crippen MR) is 102 cm³/mol. The second-order valence-corrected chi connectivity index (χ2v) is 7.07. The van der Waals surface area contributed by atoms with Gasteiger partial charge in [-0.3, -0.25) is 9.78 Å². The molecular formula is C21H27N3O2. The average Bonchev–Trinajstić information content (AvgIpc) is 3.13. The van der Waals surface area contributed by atoms with Crippen LogP contribution in [0.2, 0.25) is 0 Å². The number of aromatic nitrogens is 1. The van der Waals surface area contributed by atoms with Gasteiger partial charge in [0.1, 0.15) is 5.75 Å². The van der Waals surface area contributed by atoms with Crippen LogP contribution in [0.4, 0.5) is 0 Å². The highest BCUT2D eigenvalue weighted by Crippen LogP contribution is 2.31. The molecule has 0 spiro atoms. The molecule has 0 N–H and O–H groups in total. The van der Waals surface area contributed by atoms with Crippen molar-refractivity contribution in [2.45, 2.75) is 24.8 Å². The quantitative estimate of drug-likeness (QED) is 0.801. The van der Waals surface area contributed by atoms with Crippen LogP contribution < -0.4 is 4.74 Å². The Morgan fingerprint density at radius 1 is 1.23 bits per heavy atom. The molecule has 1 aliphatic rings. The zero-order valence-corrected chi connectivity index (χ0v) is 15.8. The average molecular weight is 353 g/mol. The lowest BCUT2D eigenvalue weighted by Gasteiger charge is -2.25. The number of hydrogen-bond donors (Lipinski definition) is 0. The van der Waals surface area contributed by atoms with Crippen molar-refractivity contribution in [1.82, 2.24) is 14.8 Å². The van der Waals surface area contributed by atoms with Gasteiger partial charge in [0.25, 0.3) is 0 Å². The minimum Gasteiger partial charge on any atom is -0.497 e. The molecule has 26 heavy (non-hydrogen) atoms. The predicted octanol–water partition coefficient (Wildman–Crippen LogP) is 2.58. The number of likely N-dealkylation sites (tertiary alicyclic amines) is 1. The number of carbonyl (C=O) groups is 1. The molecule has 5 nitrogen and oxygen atoms in total. The second-order valence-electron chi connectivity index (χ2n) is 7.07. The Morgan fingerprint density at radius 2 is 2.00 bits per heavy atom. The third-order valence-electron chi connectivity index (χ3n) is 5.20. The fraction of sp³-hybridized carbons (Fsp3) is 0.429. The molecule has 0 unspecified atom stereocenters. The molecule has 3 rings (SSSR count). The van der Waals surface area contributed by atoms with Gasteiger partial charge in [0.05, 0.1) is 7.11 Å². The highest BCUT2D eigenvalue weighted by atomic mass is 16.5. The van der Waals surface area contributed by atoms with Gasteiger partial charge in [0, 0.05) is 43.9 Å². The van der Waals surface area contributed by atoms with Crippen molar-refractivity contribution >= 4 is 5.91 Å². The summed E-state index contributed by atoms with van der Waals surface area (Å²) in [5.41, 5.74) is 2.36. The molecule has 1 aliphatic heterocycles. The Labute approximate surface area is 155 Å². The zero-order chi connectivity index (χ0) is 18.5. The maximum Gasteiger partial charge on any atom is 0.222 e. The van der Waals surface area contributed by atoms with Crippen LogP contribution in [0.1, 0.15) is 23.5 Å². The van der Waals surface area contributed by atoms with Gasteiger partial charge in [-0.25, -0.2) is 0 Å². The number of likely N-dealkylation sites (N-methyl/N-ethyl adjacent to an activating group) is 1. The van der Waals surface area contributed by atoms with Gasteiger partial charge >= 0.3 is 0 Å². The lowest BCUT2D eigenvalue weighted by molar-refractivity contribution is -0.130. The van der Waals surface area contributed by atoms with Crippen molar-refractivity contribution in [3.63, 3.8) is 0 Å². The number of nitrogens with zero attached hydrogens (tertiary/aromatic N) is 3. The highest BCUT2D eigenvalue weighted by molar-refractivity contribution is 5.77. The van der Waals surface area contributed by atoms with E-state index in [1.165, 1.54) is 5.56 Å². The summed E-state index contributed by atoms with van der Waals surface area (Å²) in [4.78, 5) is 21.1. The number of ether oxygens (including phenoxy) is 1. The summed E-state index contributed by atoms with van der Waals surface area (Å²) >= 11 is 0. The van der Waals surface area contributed by atoms with Gasteiger partial charge < -0.3 is 14.5 Å². The third-order valence-corrected chi connectivity index (χ3v) is 5.20. The van der Waals surface area contributed by atoms with Gasteiger partial charge in [-0.15, -0.1) is 0 Å². The Balaban J connectivity index is 1.66. The molecule has 2 aromatic rings. The van der Waals surface area contributed by atoms with Crippen LogP contribution in [0, 0.1) is 0 Å². The lowest BCUT2D eigenvalue weighted by Crippen LogP contribution is -2.35. The van der Waals surface area contributed by atoms with E-state index in [-0.39, 0.29) is 5.91 Å². The fourth-order valence-electron chi connectivity index (χ4n) is 3.65. The summed E-state index contributed by atoms with van der Waals surface area (Å²) in [6, 6.07) is 12.5. The number of rotatable bonds is 6. The summed E-state index contributed by atoms with van der Waals surface area (Å²) in [6.45, 7) is 1.54. The van der Waals surface area contributed by atoms with E-state index in [1.807, 2.05) is 35.4 Å². The number of benzene rings is 1. The summed E-state index contributed by atoms with van der Waals surface area (Å²) in [7, 11) is 5.85. The number of carbonyl (C=O) groups excluding carboxylic acids is 1. The molecule has 0 saturated carbocycles. The first-order valence-corrected chi connectivity index (χ1v) is 9.05. The van der Waals surface area contributed by atoms with Crippen LogP contribution in [-0.4, -0.2) is 61.0 Å². The summed E-state index contributed by atoms with van der Waals surface area (Å²) < 4.78 is 5.26. The zero-order valence-electron chi connectivity index (χ0n) is 15.8. The Hall–Kier alpha value is -2.40. The molecule has 5 heteroatoms. The molecule has 2 heterocycles. The molecule has 1 aromatic carbocycles. The van der Waals surface area contributed by atoms with Crippen LogP contribution in [0.5, 0.6) is 5.75 Å². The monoisotopic (exact) mass is 353 g/mol. The Bertz CT molecular complexity index is 716. The van der Waals surface area contributed by atoms with Crippen molar-refractivity contribution < 1.29 is 9.53 Å². The maximum absolute atomic E-state index is 12.7.